The van der Waals surface area contributed by atoms with Crippen molar-refractivity contribution in [3.8, 4) is 0 Å². The third kappa shape index (κ3) is 2.55. The van der Waals surface area contributed by atoms with Crippen LogP contribution in [0.15, 0.2) is 12.2 Å². The van der Waals surface area contributed by atoms with Crippen molar-refractivity contribution in [2.24, 2.45) is 62.6 Å². The summed E-state index contributed by atoms with van der Waals surface area (Å²) in [5.74, 6) is 0.617. The summed E-state index contributed by atoms with van der Waals surface area (Å²) < 4.78 is 0. The van der Waals surface area contributed by atoms with Crippen LogP contribution in [0.3, 0.4) is 0 Å². The lowest BCUT2D eigenvalue weighted by Gasteiger charge is -2.70. The Morgan fingerprint density at radius 3 is 2.18 bits per heavy atom. The van der Waals surface area contributed by atoms with Gasteiger partial charge in [0.25, 0.3) is 0 Å². The molecule has 5 aliphatic carbocycles. The van der Waals surface area contributed by atoms with Crippen LogP contribution in [0.5, 0.6) is 0 Å². The average Bonchev–Trinajstić information content (AvgIpc) is 3.22. The van der Waals surface area contributed by atoms with E-state index in [2.05, 4.69) is 48.1 Å². The van der Waals surface area contributed by atoms with Crippen molar-refractivity contribution >= 4 is 12.3 Å². The molecule has 0 aromatic carbocycles. The van der Waals surface area contributed by atoms with Crippen LogP contribution in [0.25, 0.3) is 0 Å². The van der Waals surface area contributed by atoms with Gasteiger partial charge in [-0.25, -0.2) is 0 Å². The van der Waals surface area contributed by atoms with Gasteiger partial charge < -0.3 is 15.0 Å². The number of carbonyl (C=O) groups is 2. The molecule has 2 N–H and O–H groups in total. The minimum Gasteiger partial charge on any atom is -0.481 e. The number of rotatable bonds is 3. The SMILES string of the molecule is C=C(C)[C@@H]1CC[C@]2(C(=O)O)CC[C@]3(C)[C@@H](CC[C@H]4[C@@]5(C)[C@H](C=O)[C@@H](O)C(C)(C)[C@H]5CC[C@]43C)[C@@H]12. The van der Waals surface area contributed by atoms with Crippen LogP contribution in [-0.4, -0.2) is 28.6 Å². The number of aliphatic hydroxyl groups is 1. The van der Waals surface area contributed by atoms with Gasteiger partial charge in [0.2, 0.25) is 0 Å². The summed E-state index contributed by atoms with van der Waals surface area (Å²) in [6.07, 6.45) is 8.13. The number of fused-ring (bicyclic) bond motifs is 7. The predicted molar refractivity (Wildman–Crippen MR) is 133 cm³/mol. The van der Waals surface area contributed by atoms with Gasteiger partial charge in [0.1, 0.15) is 6.29 Å². The van der Waals surface area contributed by atoms with E-state index in [4.69, 9.17) is 0 Å². The zero-order valence-corrected chi connectivity index (χ0v) is 22.2. The molecule has 0 aromatic heterocycles. The van der Waals surface area contributed by atoms with Crippen LogP contribution < -0.4 is 0 Å². The highest BCUT2D eigenvalue weighted by atomic mass is 16.4. The Hall–Kier alpha value is -1.16. The molecule has 4 heteroatoms. The summed E-state index contributed by atoms with van der Waals surface area (Å²) in [5.41, 5.74) is 0.153. The Bertz CT molecular complexity index is 923. The lowest BCUT2D eigenvalue weighted by Crippen LogP contribution is -2.65. The van der Waals surface area contributed by atoms with Gasteiger partial charge in [-0.2, -0.15) is 0 Å². The van der Waals surface area contributed by atoms with Crippen LogP contribution in [0.4, 0.5) is 0 Å². The third-order valence-corrected chi connectivity index (χ3v) is 13.5. The third-order valence-electron chi connectivity index (χ3n) is 13.5. The summed E-state index contributed by atoms with van der Waals surface area (Å²) in [6.45, 7) is 18.0. The number of carboxylic acids is 1. The van der Waals surface area contributed by atoms with E-state index >= 15 is 0 Å². The van der Waals surface area contributed by atoms with Crippen LogP contribution in [0, 0.1) is 62.6 Å². The maximum absolute atomic E-state index is 12.8. The van der Waals surface area contributed by atoms with E-state index in [0.29, 0.717) is 23.7 Å². The molecule has 0 aliphatic heterocycles. The average molecular weight is 471 g/mol. The second-order valence-electron chi connectivity index (χ2n) is 14.4. The number of aldehydes is 1. The van der Waals surface area contributed by atoms with Crippen molar-refractivity contribution < 1.29 is 19.8 Å². The van der Waals surface area contributed by atoms with E-state index in [9.17, 15) is 19.8 Å². The Kier molecular flexibility index (Phi) is 5.20. The molecule has 0 unspecified atom stereocenters. The van der Waals surface area contributed by atoms with Gasteiger partial charge in [-0.15, -0.1) is 0 Å². The molecule has 11 atom stereocenters. The minimum absolute atomic E-state index is 0.0371. The minimum atomic E-state index is -0.602. The predicted octanol–water partition coefficient (Wildman–Crippen LogP) is 6.12. The van der Waals surface area contributed by atoms with Gasteiger partial charge in [0.15, 0.2) is 0 Å². The van der Waals surface area contributed by atoms with Gasteiger partial charge in [0, 0.05) is 5.92 Å². The van der Waals surface area contributed by atoms with Crippen LogP contribution in [0.2, 0.25) is 0 Å². The second kappa shape index (κ2) is 7.20. The quantitative estimate of drug-likeness (QED) is 0.385. The number of hydrogen-bond donors (Lipinski definition) is 2. The second-order valence-corrected chi connectivity index (χ2v) is 14.4. The maximum Gasteiger partial charge on any atom is 0.309 e. The zero-order chi connectivity index (χ0) is 25.1. The van der Waals surface area contributed by atoms with Gasteiger partial charge >= 0.3 is 5.97 Å². The molecule has 5 rings (SSSR count). The Labute approximate surface area is 206 Å². The highest BCUT2D eigenvalue weighted by molar-refractivity contribution is 5.76. The highest BCUT2D eigenvalue weighted by Crippen LogP contribution is 2.78. The first-order valence-electron chi connectivity index (χ1n) is 13.8. The van der Waals surface area contributed by atoms with E-state index in [1.165, 1.54) is 0 Å². The van der Waals surface area contributed by atoms with Crippen molar-refractivity contribution in [1.29, 1.82) is 0 Å². The highest BCUT2D eigenvalue weighted by Gasteiger charge is 2.74. The van der Waals surface area contributed by atoms with Gasteiger partial charge in [-0.05, 0) is 110 Å². The van der Waals surface area contributed by atoms with Crippen molar-refractivity contribution in [2.45, 2.75) is 99.0 Å². The largest absolute Gasteiger partial charge is 0.481 e. The molecule has 0 amide bonds. The van der Waals surface area contributed by atoms with Crippen LogP contribution in [0.1, 0.15) is 92.9 Å². The number of carboxylic acid groups (broad SMARTS) is 1. The molecular weight excluding hydrogens is 424 g/mol. The van der Waals surface area contributed by atoms with Crippen LogP contribution in [-0.2, 0) is 9.59 Å². The Balaban J connectivity index is 1.61. The van der Waals surface area contributed by atoms with Crippen molar-refractivity contribution in [2.75, 3.05) is 0 Å². The summed E-state index contributed by atoms with van der Waals surface area (Å²) >= 11 is 0. The summed E-state index contributed by atoms with van der Waals surface area (Å²) in [4.78, 5) is 25.2. The molecule has 0 radical (unpaired) electrons. The fourth-order valence-corrected chi connectivity index (χ4v) is 11.7. The molecule has 5 aliphatic rings. The Morgan fingerprint density at radius 1 is 0.912 bits per heavy atom. The van der Waals surface area contributed by atoms with Gasteiger partial charge in [-0.1, -0.05) is 46.8 Å². The van der Waals surface area contributed by atoms with Gasteiger partial charge in [0.05, 0.1) is 11.5 Å². The standard InChI is InChI=1S/C30H46O4/c1-17(2)18-10-13-30(25(33)34)15-14-27(5)19(23(18)30)8-9-22-28(27,6)12-11-21-26(3,4)24(32)20(16-31)29(21,22)7/h16,18-24,32H,1,8-15H2,2-7H3,(H,33,34)/t18-,19-,20+,21+,22+,23+,24+,27+,28+,29-,30-/m0/s1. The summed E-state index contributed by atoms with van der Waals surface area (Å²) in [5, 5.41) is 21.8. The van der Waals surface area contributed by atoms with Crippen LogP contribution >= 0.6 is 0 Å². The van der Waals surface area contributed by atoms with Crippen molar-refractivity contribution in [3.63, 3.8) is 0 Å². The molecule has 34 heavy (non-hydrogen) atoms. The first-order valence-corrected chi connectivity index (χ1v) is 13.8. The van der Waals surface area contributed by atoms with Crippen molar-refractivity contribution in [1.82, 2.24) is 0 Å². The first-order chi connectivity index (χ1) is 15.7. The normalized spacial score (nSPS) is 55.4. The molecule has 0 aromatic rings. The van der Waals surface area contributed by atoms with Crippen molar-refractivity contribution in [3.05, 3.63) is 12.2 Å². The van der Waals surface area contributed by atoms with E-state index in [1.54, 1.807) is 0 Å². The number of aliphatic carboxylic acids is 1. The molecule has 0 spiro atoms. The van der Waals surface area contributed by atoms with Gasteiger partial charge in [-0.3, -0.25) is 4.79 Å². The number of carbonyl (C=O) groups excluding carboxylic acids is 1. The molecule has 5 fully saturated rings. The molecule has 0 bridgehead atoms. The van der Waals surface area contributed by atoms with E-state index in [-0.39, 0.29) is 33.5 Å². The molecule has 5 saturated carbocycles. The summed E-state index contributed by atoms with van der Waals surface area (Å²) in [6, 6.07) is 0. The summed E-state index contributed by atoms with van der Waals surface area (Å²) in [7, 11) is 0. The molecular formula is C30H46O4. The lowest BCUT2D eigenvalue weighted by molar-refractivity contribution is -0.225. The molecule has 4 nitrogen and oxygen atoms in total. The first kappa shape index (κ1) is 24.5. The van der Waals surface area contributed by atoms with E-state index < -0.39 is 17.5 Å². The maximum atomic E-state index is 12.8. The smallest absolute Gasteiger partial charge is 0.309 e. The lowest BCUT2D eigenvalue weighted by atomic mass is 9.34. The number of hydrogen-bond acceptors (Lipinski definition) is 3. The Morgan fingerprint density at radius 2 is 1.59 bits per heavy atom. The van der Waals surface area contributed by atoms with E-state index in [0.717, 1.165) is 63.2 Å². The fourth-order valence-electron chi connectivity index (χ4n) is 11.7. The molecule has 0 saturated heterocycles. The number of allylic oxidation sites excluding steroid dienone is 1. The zero-order valence-electron chi connectivity index (χ0n) is 22.2. The number of aliphatic hydroxyl groups excluding tert-OH is 1. The molecule has 0 heterocycles. The topological polar surface area (TPSA) is 74.6 Å². The fraction of sp³-hybridized carbons (Fsp3) is 0.867. The molecule has 190 valence electrons. The monoisotopic (exact) mass is 470 g/mol. The van der Waals surface area contributed by atoms with E-state index in [1.807, 2.05) is 0 Å².